The van der Waals surface area contributed by atoms with Crippen molar-refractivity contribution in [3.8, 4) is 0 Å². The van der Waals surface area contributed by atoms with Gasteiger partial charge in [0.1, 0.15) is 0 Å². The number of carbonyl (C=O) groups excluding carboxylic acids is 1. The molecule has 3 heteroatoms. The first-order chi connectivity index (χ1) is 6.75. The van der Waals surface area contributed by atoms with E-state index in [-0.39, 0.29) is 0 Å². The predicted octanol–water partition coefficient (Wildman–Crippen LogP) is 2.80. The van der Waals surface area contributed by atoms with Gasteiger partial charge in [0.15, 0.2) is 0 Å². The quantitative estimate of drug-likeness (QED) is 0.731. The highest BCUT2D eigenvalue weighted by molar-refractivity contribution is 5.90. The minimum atomic E-state index is -1.29. The van der Waals surface area contributed by atoms with Gasteiger partial charge < -0.3 is 0 Å². The fraction of sp³-hybridized carbons (Fsp3) is 0. The second-order valence-electron chi connectivity index (χ2n) is 2.97. The Hall–Kier alpha value is -2.03. The van der Waals surface area contributed by atoms with Crippen LogP contribution in [0.25, 0.3) is 10.8 Å². The predicted molar refractivity (Wildman–Crippen MR) is 53.7 cm³/mol. The van der Waals surface area contributed by atoms with Crippen LogP contribution in [0.2, 0.25) is 0 Å². The summed E-state index contributed by atoms with van der Waals surface area (Å²) < 4.78 is 0. The number of nitrogens with one attached hydrogen (secondary N) is 1. The molecule has 0 aliphatic rings. The molecular weight excluding hydrogens is 178 g/mol. The number of anilines is 1. The van der Waals surface area contributed by atoms with Crippen LogP contribution in [0.15, 0.2) is 42.5 Å². The standard InChI is InChI=1S/C11H8NO2/c13-11(14)12-10-6-5-8-3-1-2-4-9(8)7-10/h1-7,12H. The average Bonchev–Trinajstić information content (AvgIpc) is 2.17. The Bertz CT molecular complexity index is 479. The van der Waals surface area contributed by atoms with Crippen molar-refractivity contribution in [2.45, 2.75) is 0 Å². The van der Waals surface area contributed by atoms with Crippen molar-refractivity contribution in [3.05, 3.63) is 42.5 Å². The highest BCUT2D eigenvalue weighted by Crippen LogP contribution is 2.18. The lowest BCUT2D eigenvalue weighted by Crippen LogP contribution is -2.05. The van der Waals surface area contributed by atoms with Gasteiger partial charge in [-0.05, 0) is 22.9 Å². The molecule has 2 rings (SSSR count). The van der Waals surface area contributed by atoms with Crippen molar-refractivity contribution >= 4 is 22.6 Å². The van der Waals surface area contributed by atoms with E-state index in [0.29, 0.717) is 5.69 Å². The van der Waals surface area contributed by atoms with E-state index >= 15 is 0 Å². The Morgan fingerprint density at radius 2 is 1.71 bits per heavy atom. The summed E-state index contributed by atoms with van der Waals surface area (Å²) in [5.74, 6) is 0. The first-order valence-electron chi connectivity index (χ1n) is 4.22. The average molecular weight is 186 g/mol. The van der Waals surface area contributed by atoms with E-state index in [1.807, 2.05) is 30.3 Å². The molecule has 0 fully saturated rings. The smallest absolute Gasteiger partial charge is 0.288 e. The van der Waals surface area contributed by atoms with E-state index in [0.717, 1.165) is 10.8 Å². The van der Waals surface area contributed by atoms with Gasteiger partial charge in [0, 0.05) is 5.69 Å². The second kappa shape index (κ2) is 3.38. The zero-order valence-electron chi connectivity index (χ0n) is 7.36. The van der Waals surface area contributed by atoms with E-state index in [9.17, 15) is 9.90 Å². The van der Waals surface area contributed by atoms with Crippen LogP contribution in [0.5, 0.6) is 0 Å². The van der Waals surface area contributed by atoms with Crippen LogP contribution in [0.3, 0.4) is 0 Å². The molecule has 0 saturated carbocycles. The molecule has 1 N–H and O–H groups in total. The van der Waals surface area contributed by atoms with E-state index in [4.69, 9.17) is 0 Å². The van der Waals surface area contributed by atoms with Gasteiger partial charge in [-0.15, -0.1) is 0 Å². The van der Waals surface area contributed by atoms with Crippen LogP contribution in [0.1, 0.15) is 0 Å². The summed E-state index contributed by atoms with van der Waals surface area (Å²) in [5.41, 5.74) is 0.531. The molecule has 1 radical (unpaired) electrons. The van der Waals surface area contributed by atoms with Gasteiger partial charge in [-0.1, -0.05) is 30.3 Å². The summed E-state index contributed by atoms with van der Waals surface area (Å²) in [7, 11) is 0. The topological polar surface area (TPSA) is 49.0 Å². The Morgan fingerprint density at radius 3 is 2.43 bits per heavy atom. The van der Waals surface area contributed by atoms with Crippen molar-refractivity contribution in [1.82, 2.24) is 0 Å². The molecule has 0 spiro atoms. The summed E-state index contributed by atoms with van der Waals surface area (Å²) in [6.45, 7) is 0. The van der Waals surface area contributed by atoms with E-state index < -0.39 is 6.09 Å². The summed E-state index contributed by atoms with van der Waals surface area (Å²) in [6.07, 6.45) is -1.29. The Morgan fingerprint density at radius 1 is 1.00 bits per heavy atom. The molecule has 0 aromatic heterocycles. The number of hydrogen-bond donors (Lipinski definition) is 1. The fourth-order valence-electron chi connectivity index (χ4n) is 1.38. The number of rotatable bonds is 1. The fourth-order valence-corrected chi connectivity index (χ4v) is 1.38. The van der Waals surface area contributed by atoms with Gasteiger partial charge in [-0.3, -0.25) is 5.32 Å². The van der Waals surface area contributed by atoms with Crippen molar-refractivity contribution < 1.29 is 9.90 Å². The van der Waals surface area contributed by atoms with Crippen LogP contribution in [0, 0.1) is 0 Å². The van der Waals surface area contributed by atoms with Gasteiger partial charge in [0.25, 0.3) is 0 Å². The summed E-state index contributed by atoms with van der Waals surface area (Å²) >= 11 is 0. The number of carbonyl (C=O) groups is 1. The van der Waals surface area contributed by atoms with E-state index in [1.54, 1.807) is 12.1 Å². The highest BCUT2D eigenvalue weighted by atomic mass is 16.4. The van der Waals surface area contributed by atoms with Crippen LogP contribution in [-0.4, -0.2) is 6.09 Å². The maximum atomic E-state index is 10.3. The Balaban J connectivity index is 2.46. The summed E-state index contributed by atoms with van der Waals surface area (Å²) in [6, 6.07) is 13.1. The second-order valence-corrected chi connectivity index (χ2v) is 2.97. The van der Waals surface area contributed by atoms with Crippen molar-refractivity contribution in [2.24, 2.45) is 0 Å². The molecule has 69 valence electrons. The molecule has 0 atom stereocenters. The lowest BCUT2D eigenvalue weighted by molar-refractivity contribution is 0.185. The molecule has 0 unspecified atom stereocenters. The van der Waals surface area contributed by atoms with Crippen LogP contribution in [0.4, 0.5) is 10.5 Å². The van der Waals surface area contributed by atoms with Gasteiger partial charge >= 0.3 is 6.09 Å². The summed E-state index contributed by atoms with van der Waals surface area (Å²) in [5, 5.41) is 14.6. The molecule has 0 aliphatic heterocycles. The normalized spacial score (nSPS) is 10.0. The molecule has 0 aliphatic carbocycles. The maximum Gasteiger partial charge on any atom is 0.454 e. The SMILES string of the molecule is [O]C(=O)Nc1ccc2ccccc2c1. The van der Waals surface area contributed by atoms with Gasteiger partial charge in [-0.2, -0.15) is 0 Å². The summed E-state index contributed by atoms with van der Waals surface area (Å²) in [4.78, 5) is 10.3. The molecule has 0 heterocycles. The number of benzene rings is 2. The third kappa shape index (κ3) is 1.66. The lowest BCUT2D eigenvalue weighted by Gasteiger charge is -2.01. The number of hydrogen-bond acceptors (Lipinski definition) is 1. The van der Waals surface area contributed by atoms with Crippen LogP contribution >= 0.6 is 0 Å². The Kier molecular flexibility index (Phi) is 2.07. The Labute approximate surface area is 81.0 Å². The van der Waals surface area contributed by atoms with Crippen LogP contribution < -0.4 is 5.32 Å². The van der Waals surface area contributed by atoms with Gasteiger partial charge in [0.05, 0.1) is 0 Å². The molecule has 14 heavy (non-hydrogen) atoms. The molecular formula is C11H8NO2. The van der Waals surface area contributed by atoms with Crippen molar-refractivity contribution in [3.63, 3.8) is 0 Å². The van der Waals surface area contributed by atoms with Gasteiger partial charge in [0.2, 0.25) is 0 Å². The minimum absolute atomic E-state index is 0.531. The molecule has 1 amide bonds. The minimum Gasteiger partial charge on any atom is -0.288 e. The number of fused-ring (bicyclic) bond motifs is 1. The largest absolute Gasteiger partial charge is 0.454 e. The monoisotopic (exact) mass is 186 g/mol. The molecule has 0 bridgehead atoms. The third-order valence-electron chi connectivity index (χ3n) is 2.00. The molecule has 0 saturated heterocycles. The molecule has 2 aromatic carbocycles. The molecule has 2 aromatic rings. The highest BCUT2D eigenvalue weighted by Gasteiger charge is 2.00. The van der Waals surface area contributed by atoms with E-state index in [2.05, 4.69) is 5.32 Å². The van der Waals surface area contributed by atoms with E-state index in [1.165, 1.54) is 0 Å². The zero-order valence-corrected chi connectivity index (χ0v) is 7.36. The number of amides is 1. The zero-order chi connectivity index (χ0) is 9.97. The van der Waals surface area contributed by atoms with Gasteiger partial charge in [-0.25, -0.2) is 9.90 Å². The van der Waals surface area contributed by atoms with Crippen molar-refractivity contribution in [2.75, 3.05) is 5.32 Å². The first-order valence-corrected chi connectivity index (χ1v) is 4.22. The maximum absolute atomic E-state index is 10.3. The first kappa shape index (κ1) is 8.56. The third-order valence-corrected chi connectivity index (χ3v) is 2.00. The van der Waals surface area contributed by atoms with Crippen molar-refractivity contribution in [1.29, 1.82) is 0 Å². The van der Waals surface area contributed by atoms with Crippen LogP contribution in [-0.2, 0) is 5.11 Å². The molecule has 3 nitrogen and oxygen atoms in total. The lowest BCUT2D eigenvalue weighted by atomic mass is 10.1.